The molecule has 1 aliphatic heterocycles. The fourth-order valence-electron chi connectivity index (χ4n) is 1.69. The van der Waals surface area contributed by atoms with Crippen molar-refractivity contribution in [2.45, 2.75) is 12.5 Å². The molecule has 0 saturated heterocycles. The van der Waals surface area contributed by atoms with Gasteiger partial charge in [0.25, 0.3) is 0 Å². The summed E-state index contributed by atoms with van der Waals surface area (Å²) in [4.78, 5) is 11.5. The van der Waals surface area contributed by atoms with Crippen molar-refractivity contribution in [3.63, 3.8) is 0 Å². The number of rotatable bonds is 3. The third-order valence-corrected chi connectivity index (χ3v) is 2.51. The van der Waals surface area contributed by atoms with Crippen molar-refractivity contribution in [3.05, 3.63) is 60.2 Å². The zero-order valence-electron chi connectivity index (χ0n) is 8.40. The molecule has 1 atom stereocenters. The molecule has 2 nitrogen and oxygen atoms in total. The average Bonchev–Trinajstić information content (AvgIpc) is 2.57. The van der Waals surface area contributed by atoms with Gasteiger partial charge in [-0.1, -0.05) is 43.0 Å². The van der Waals surface area contributed by atoms with E-state index >= 15 is 0 Å². The summed E-state index contributed by atoms with van der Waals surface area (Å²) in [5.74, 6) is -0.243. The fourth-order valence-corrected chi connectivity index (χ4v) is 1.69. The van der Waals surface area contributed by atoms with E-state index in [4.69, 9.17) is 4.74 Å². The molecule has 0 aliphatic carbocycles. The van der Waals surface area contributed by atoms with E-state index in [0.29, 0.717) is 12.0 Å². The van der Waals surface area contributed by atoms with Gasteiger partial charge in [0.2, 0.25) is 0 Å². The SMILES string of the molecule is C=CC(=C)C[C@@H]1OC(=O)c2ccccc21. The van der Waals surface area contributed by atoms with Gasteiger partial charge in [0, 0.05) is 12.0 Å². The zero-order chi connectivity index (χ0) is 10.8. The van der Waals surface area contributed by atoms with Crippen LogP contribution in [0.4, 0.5) is 0 Å². The van der Waals surface area contributed by atoms with Gasteiger partial charge in [0.05, 0.1) is 5.56 Å². The Morgan fingerprint density at radius 2 is 2.20 bits per heavy atom. The molecule has 0 spiro atoms. The number of esters is 1. The summed E-state index contributed by atoms with van der Waals surface area (Å²) < 4.78 is 5.26. The maximum atomic E-state index is 11.5. The second kappa shape index (κ2) is 3.73. The lowest BCUT2D eigenvalue weighted by Gasteiger charge is -2.09. The first-order valence-electron chi connectivity index (χ1n) is 4.82. The number of fused-ring (bicyclic) bond motifs is 1. The van der Waals surface area contributed by atoms with Gasteiger partial charge in [-0.05, 0) is 6.07 Å². The second-order valence-corrected chi connectivity index (χ2v) is 3.55. The van der Waals surface area contributed by atoms with Crippen LogP contribution in [0.25, 0.3) is 0 Å². The van der Waals surface area contributed by atoms with E-state index in [0.717, 1.165) is 11.1 Å². The van der Waals surface area contributed by atoms with Crippen LogP contribution in [0, 0.1) is 0 Å². The van der Waals surface area contributed by atoms with Gasteiger partial charge in [0.1, 0.15) is 6.10 Å². The number of hydrogen-bond donors (Lipinski definition) is 0. The van der Waals surface area contributed by atoms with E-state index in [1.807, 2.05) is 18.2 Å². The van der Waals surface area contributed by atoms with Crippen molar-refractivity contribution >= 4 is 5.97 Å². The maximum Gasteiger partial charge on any atom is 0.339 e. The molecule has 0 unspecified atom stereocenters. The normalized spacial score (nSPS) is 18.1. The lowest BCUT2D eigenvalue weighted by molar-refractivity contribution is 0.0389. The van der Waals surface area contributed by atoms with Crippen LogP contribution in [0.5, 0.6) is 0 Å². The fraction of sp³-hybridized carbons (Fsp3) is 0.154. The van der Waals surface area contributed by atoms with Gasteiger partial charge in [-0.25, -0.2) is 4.79 Å². The summed E-state index contributed by atoms with van der Waals surface area (Å²) in [6.07, 6.45) is 2.11. The van der Waals surface area contributed by atoms with E-state index in [1.165, 1.54) is 0 Å². The Balaban J connectivity index is 2.28. The molecule has 0 fully saturated rings. The Morgan fingerprint density at radius 3 is 2.93 bits per heavy atom. The molecule has 15 heavy (non-hydrogen) atoms. The predicted octanol–water partition coefficient (Wildman–Crippen LogP) is 3.03. The quantitative estimate of drug-likeness (QED) is 0.553. The van der Waals surface area contributed by atoms with Crippen molar-refractivity contribution < 1.29 is 9.53 Å². The molecule has 1 aromatic carbocycles. The van der Waals surface area contributed by atoms with Gasteiger partial charge < -0.3 is 4.74 Å². The monoisotopic (exact) mass is 200 g/mol. The molecule has 0 saturated carbocycles. The largest absolute Gasteiger partial charge is 0.454 e. The summed E-state index contributed by atoms with van der Waals surface area (Å²) in [7, 11) is 0. The molecule has 1 heterocycles. The highest BCUT2D eigenvalue weighted by Gasteiger charge is 2.30. The van der Waals surface area contributed by atoms with Crippen molar-refractivity contribution in [1.29, 1.82) is 0 Å². The molecule has 0 bridgehead atoms. The van der Waals surface area contributed by atoms with Crippen LogP contribution in [-0.4, -0.2) is 5.97 Å². The van der Waals surface area contributed by atoms with Crippen molar-refractivity contribution in [3.8, 4) is 0 Å². The zero-order valence-corrected chi connectivity index (χ0v) is 8.40. The third-order valence-electron chi connectivity index (χ3n) is 2.51. The van der Waals surface area contributed by atoms with Crippen molar-refractivity contribution in [2.24, 2.45) is 0 Å². The summed E-state index contributed by atoms with van der Waals surface area (Å²) in [6.45, 7) is 7.46. The van der Waals surface area contributed by atoms with E-state index in [1.54, 1.807) is 12.1 Å². The van der Waals surface area contributed by atoms with Crippen LogP contribution >= 0.6 is 0 Å². The molecule has 1 aromatic rings. The number of carbonyl (C=O) groups is 1. The van der Waals surface area contributed by atoms with Gasteiger partial charge >= 0.3 is 5.97 Å². The molecule has 0 amide bonds. The smallest absolute Gasteiger partial charge is 0.339 e. The maximum absolute atomic E-state index is 11.5. The highest BCUT2D eigenvalue weighted by atomic mass is 16.5. The molecule has 2 heteroatoms. The molecule has 76 valence electrons. The first-order valence-corrected chi connectivity index (χ1v) is 4.82. The Morgan fingerprint density at radius 1 is 1.47 bits per heavy atom. The first-order chi connectivity index (χ1) is 7.22. The van der Waals surface area contributed by atoms with Gasteiger partial charge in [0.15, 0.2) is 0 Å². The molecule has 2 rings (SSSR count). The lowest BCUT2D eigenvalue weighted by atomic mass is 10.0. The molecule has 0 aromatic heterocycles. The van der Waals surface area contributed by atoms with E-state index in [9.17, 15) is 4.79 Å². The Kier molecular flexibility index (Phi) is 2.42. The third kappa shape index (κ3) is 1.71. The number of cyclic esters (lactones) is 1. The number of allylic oxidation sites excluding steroid dienone is 1. The van der Waals surface area contributed by atoms with Crippen molar-refractivity contribution in [1.82, 2.24) is 0 Å². The predicted molar refractivity (Wildman–Crippen MR) is 58.6 cm³/mol. The lowest BCUT2D eigenvalue weighted by Crippen LogP contribution is -1.99. The Hall–Kier alpha value is -1.83. The molecule has 0 N–H and O–H groups in total. The van der Waals surface area contributed by atoms with Crippen LogP contribution in [0.3, 0.4) is 0 Å². The standard InChI is InChI=1S/C13H12O2/c1-3-9(2)8-12-10-6-4-5-7-11(10)13(14)15-12/h3-7,12H,1-2,8H2/t12-/m0/s1. The van der Waals surface area contributed by atoms with Crippen LogP contribution in [0.15, 0.2) is 49.1 Å². The molecule has 1 aliphatic rings. The van der Waals surface area contributed by atoms with E-state index in [2.05, 4.69) is 13.2 Å². The van der Waals surface area contributed by atoms with Crippen LogP contribution in [0.2, 0.25) is 0 Å². The number of ether oxygens (including phenoxy) is 1. The summed E-state index contributed by atoms with van der Waals surface area (Å²) in [5, 5.41) is 0. The minimum absolute atomic E-state index is 0.195. The Bertz CT molecular complexity index is 432. The van der Waals surface area contributed by atoms with Crippen LogP contribution in [0.1, 0.15) is 28.4 Å². The number of benzene rings is 1. The number of carbonyl (C=O) groups excluding carboxylic acids is 1. The van der Waals surface area contributed by atoms with Crippen molar-refractivity contribution in [2.75, 3.05) is 0 Å². The highest BCUT2D eigenvalue weighted by molar-refractivity contribution is 5.94. The van der Waals surface area contributed by atoms with Crippen LogP contribution in [-0.2, 0) is 4.74 Å². The average molecular weight is 200 g/mol. The Labute approximate surface area is 88.9 Å². The van der Waals surface area contributed by atoms with Gasteiger partial charge in [-0.15, -0.1) is 0 Å². The van der Waals surface area contributed by atoms with Gasteiger partial charge in [-0.2, -0.15) is 0 Å². The van der Waals surface area contributed by atoms with E-state index < -0.39 is 0 Å². The molecular weight excluding hydrogens is 188 g/mol. The van der Waals surface area contributed by atoms with Gasteiger partial charge in [-0.3, -0.25) is 0 Å². The molecular formula is C13H12O2. The number of hydrogen-bond acceptors (Lipinski definition) is 2. The summed E-state index contributed by atoms with van der Waals surface area (Å²) in [5.41, 5.74) is 2.49. The summed E-state index contributed by atoms with van der Waals surface area (Å²) in [6, 6.07) is 7.45. The highest BCUT2D eigenvalue weighted by Crippen LogP contribution is 2.34. The second-order valence-electron chi connectivity index (χ2n) is 3.55. The minimum Gasteiger partial charge on any atom is -0.454 e. The minimum atomic E-state index is -0.243. The topological polar surface area (TPSA) is 26.3 Å². The summed E-state index contributed by atoms with van der Waals surface area (Å²) >= 11 is 0. The first kappa shape index (κ1) is 9.71. The van der Waals surface area contributed by atoms with Crippen LogP contribution < -0.4 is 0 Å². The molecule has 0 radical (unpaired) electrons. The van der Waals surface area contributed by atoms with E-state index in [-0.39, 0.29) is 12.1 Å².